The number of hydrogen-bond donors (Lipinski definition) is 0. The zero-order chi connectivity index (χ0) is 19.3. The van der Waals surface area contributed by atoms with Crippen molar-refractivity contribution in [2.75, 3.05) is 45.8 Å². The molecule has 1 aliphatic heterocycles. The number of hydrogen-bond acceptors (Lipinski definition) is 5. The minimum atomic E-state index is -0.171. The lowest BCUT2D eigenvalue weighted by Crippen LogP contribution is -2.51. The van der Waals surface area contributed by atoms with Gasteiger partial charge in [-0.25, -0.2) is 0 Å². The van der Waals surface area contributed by atoms with Crippen molar-refractivity contribution in [2.24, 2.45) is 5.92 Å². The van der Waals surface area contributed by atoms with Crippen LogP contribution in [0.15, 0.2) is 10.5 Å². The Hall–Kier alpha value is -2.33. The smallest absolute Gasteiger partial charge is 0.257 e. The van der Waals surface area contributed by atoms with Crippen molar-refractivity contribution in [2.45, 2.75) is 27.7 Å². The first kappa shape index (κ1) is 20.0. The Morgan fingerprint density at radius 1 is 1.31 bits per heavy atom. The molecule has 0 N–H and O–H groups in total. The number of aryl methyl sites for hydroxylation is 2. The maximum atomic E-state index is 12.6. The van der Waals surface area contributed by atoms with E-state index in [1.165, 1.54) is 0 Å². The van der Waals surface area contributed by atoms with Gasteiger partial charge in [0.25, 0.3) is 5.91 Å². The maximum absolute atomic E-state index is 12.6. The van der Waals surface area contributed by atoms with Crippen LogP contribution in [0.25, 0.3) is 0 Å². The molecule has 1 aromatic rings. The van der Waals surface area contributed by atoms with E-state index < -0.39 is 0 Å². The summed E-state index contributed by atoms with van der Waals surface area (Å²) in [5.41, 5.74) is 0.620. The maximum Gasteiger partial charge on any atom is 0.257 e. The predicted molar refractivity (Wildman–Crippen MR) is 97.6 cm³/mol. The average molecular weight is 360 g/mol. The third kappa shape index (κ3) is 4.85. The Kier molecular flexibility index (Phi) is 6.81. The normalized spacial score (nSPS) is 16.2. The van der Waals surface area contributed by atoms with Gasteiger partial charge < -0.3 is 14.2 Å². The van der Waals surface area contributed by atoms with Crippen molar-refractivity contribution < 1.29 is 14.0 Å². The minimum Gasteiger partial charge on any atom is -0.466 e. The van der Waals surface area contributed by atoms with Crippen LogP contribution in [0.1, 0.15) is 35.7 Å². The lowest BCUT2D eigenvalue weighted by Gasteiger charge is -2.35. The summed E-state index contributed by atoms with van der Waals surface area (Å²) in [6.45, 7) is 11.3. The fourth-order valence-electron chi connectivity index (χ4n) is 3.19. The molecule has 0 bridgehead atoms. The van der Waals surface area contributed by atoms with Crippen molar-refractivity contribution >= 4 is 11.8 Å². The molecule has 0 spiro atoms. The van der Waals surface area contributed by atoms with E-state index in [2.05, 4.69) is 11.0 Å². The van der Waals surface area contributed by atoms with Gasteiger partial charge >= 0.3 is 0 Å². The van der Waals surface area contributed by atoms with E-state index >= 15 is 0 Å². The highest BCUT2D eigenvalue weighted by Crippen LogP contribution is 2.17. The van der Waals surface area contributed by atoms with Crippen LogP contribution in [0.3, 0.4) is 0 Å². The van der Waals surface area contributed by atoms with E-state index in [1.807, 2.05) is 25.7 Å². The van der Waals surface area contributed by atoms with Crippen LogP contribution in [0.2, 0.25) is 0 Å². The Morgan fingerprint density at radius 2 is 1.96 bits per heavy atom. The van der Waals surface area contributed by atoms with Crippen LogP contribution in [0, 0.1) is 31.1 Å². The van der Waals surface area contributed by atoms with Gasteiger partial charge in [0.15, 0.2) is 0 Å². The van der Waals surface area contributed by atoms with E-state index in [0.29, 0.717) is 57.1 Å². The summed E-state index contributed by atoms with van der Waals surface area (Å²) in [6.07, 6.45) is 0. The van der Waals surface area contributed by atoms with Gasteiger partial charge in [0.05, 0.1) is 24.1 Å². The zero-order valence-electron chi connectivity index (χ0n) is 16.1. The molecule has 1 unspecified atom stereocenters. The second-order valence-corrected chi connectivity index (χ2v) is 6.86. The third-order valence-electron chi connectivity index (χ3n) is 4.74. The number of carbonyl (C=O) groups excluding carboxylic acids is 2. The van der Waals surface area contributed by atoms with Gasteiger partial charge in [0, 0.05) is 39.3 Å². The van der Waals surface area contributed by atoms with E-state index in [1.54, 1.807) is 17.9 Å². The lowest BCUT2D eigenvalue weighted by atomic mass is 10.2. The number of likely N-dealkylation sites (N-methyl/N-ethyl adjacent to an activating group) is 1. The van der Waals surface area contributed by atoms with Crippen molar-refractivity contribution in [3.63, 3.8) is 0 Å². The number of furan rings is 1. The Morgan fingerprint density at radius 3 is 2.46 bits per heavy atom. The average Bonchev–Trinajstić information content (AvgIpc) is 2.97. The van der Waals surface area contributed by atoms with E-state index in [9.17, 15) is 9.59 Å². The Labute approximate surface area is 155 Å². The molecule has 1 aromatic heterocycles. The Bertz CT molecular complexity index is 683. The van der Waals surface area contributed by atoms with Crippen LogP contribution < -0.4 is 0 Å². The molecule has 1 fully saturated rings. The van der Waals surface area contributed by atoms with E-state index in [-0.39, 0.29) is 17.7 Å². The quantitative estimate of drug-likeness (QED) is 0.771. The molecule has 142 valence electrons. The minimum absolute atomic E-state index is 0.0108. The van der Waals surface area contributed by atoms with Crippen molar-refractivity contribution in [1.29, 1.82) is 5.26 Å². The highest BCUT2D eigenvalue weighted by molar-refractivity contribution is 5.95. The van der Waals surface area contributed by atoms with Gasteiger partial charge in [0.2, 0.25) is 5.91 Å². The molecular weight excluding hydrogens is 332 g/mol. The number of nitrogens with zero attached hydrogens (tertiary/aromatic N) is 4. The number of carbonyl (C=O) groups is 2. The summed E-state index contributed by atoms with van der Waals surface area (Å²) in [5, 5.41) is 8.94. The lowest BCUT2D eigenvalue weighted by molar-refractivity contribution is -0.132. The molecule has 0 radical (unpaired) electrons. The van der Waals surface area contributed by atoms with Gasteiger partial charge in [-0.05, 0) is 33.8 Å². The van der Waals surface area contributed by atoms with Gasteiger partial charge in [-0.1, -0.05) is 0 Å². The van der Waals surface area contributed by atoms with Crippen LogP contribution in [0.4, 0.5) is 0 Å². The first-order valence-corrected chi connectivity index (χ1v) is 9.11. The molecular formula is C19H28N4O3. The fraction of sp³-hybridized carbons (Fsp3) is 0.632. The largest absolute Gasteiger partial charge is 0.466 e. The summed E-state index contributed by atoms with van der Waals surface area (Å²) in [4.78, 5) is 30.7. The third-order valence-corrected chi connectivity index (χ3v) is 4.74. The van der Waals surface area contributed by atoms with Gasteiger partial charge in [0.1, 0.15) is 11.5 Å². The topological polar surface area (TPSA) is 80.8 Å². The molecule has 7 nitrogen and oxygen atoms in total. The zero-order valence-corrected chi connectivity index (χ0v) is 16.1. The highest BCUT2D eigenvalue weighted by Gasteiger charge is 2.26. The summed E-state index contributed by atoms with van der Waals surface area (Å²) < 4.78 is 5.45. The van der Waals surface area contributed by atoms with Crippen LogP contribution in [0.5, 0.6) is 0 Å². The molecule has 1 aliphatic rings. The van der Waals surface area contributed by atoms with Gasteiger partial charge in [-0.3, -0.25) is 14.5 Å². The molecule has 2 amide bonds. The molecule has 26 heavy (non-hydrogen) atoms. The van der Waals surface area contributed by atoms with E-state index in [0.717, 1.165) is 5.76 Å². The molecule has 0 aliphatic carbocycles. The summed E-state index contributed by atoms with van der Waals surface area (Å²) in [5.74, 6) is 1.24. The summed E-state index contributed by atoms with van der Waals surface area (Å²) in [7, 11) is 0. The molecule has 2 rings (SSSR count). The number of rotatable bonds is 6. The van der Waals surface area contributed by atoms with Crippen molar-refractivity contribution in [3.8, 4) is 6.07 Å². The molecule has 1 saturated heterocycles. The van der Waals surface area contributed by atoms with Crippen LogP contribution >= 0.6 is 0 Å². The number of amides is 2. The van der Waals surface area contributed by atoms with Crippen molar-refractivity contribution in [1.82, 2.24) is 14.7 Å². The fourth-order valence-corrected chi connectivity index (χ4v) is 3.19. The second kappa shape index (κ2) is 8.86. The molecule has 2 heterocycles. The summed E-state index contributed by atoms with van der Waals surface area (Å²) >= 11 is 0. The molecule has 0 saturated carbocycles. The first-order chi connectivity index (χ1) is 12.3. The van der Waals surface area contributed by atoms with Gasteiger partial charge in [-0.2, -0.15) is 5.26 Å². The number of nitriles is 1. The molecule has 1 atom stereocenters. The predicted octanol–water partition coefficient (Wildman–Crippen LogP) is 1.66. The van der Waals surface area contributed by atoms with Crippen LogP contribution in [-0.4, -0.2) is 72.3 Å². The van der Waals surface area contributed by atoms with Gasteiger partial charge in [-0.15, -0.1) is 0 Å². The SMILES string of the molecule is CCN(CC(C)C#N)C(=O)CN1CCN(C(=O)c2cc(C)oc2C)CC1. The molecule has 0 aromatic carbocycles. The summed E-state index contributed by atoms with van der Waals surface area (Å²) in [6, 6.07) is 3.95. The standard InChI is InChI=1S/C19H28N4O3/c1-5-22(12-14(2)11-20)18(24)13-21-6-8-23(9-7-21)19(25)17-10-15(3)26-16(17)4/h10,14H,5-9,12-13H2,1-4H3. The van der Waals surface area contributed by atoms with Crippen LogP contribution in [-0.2, 0) is 4.79 Å². The monoisotopic (exact) mass is 360 g/mol. The Balaban J connectivity index is 1.86. The first-order valence-electron chi connectivity index (χ1n) is 9.11. The number of piperazine rings is 1. The van der Waals surface area contributed by atoms with E-state index in [4.69, 9.17) is 9.68 Å². The molecule has 7 heteroatoms. The second-order valence-electron chi connectivity index (χ2n) is 6.86. The van der Waals surface area contributed by atoms with Crippen molar-refractivity contribution in [3.05, 3.63) is 23.2 Å². The highest BCUT2D eigenvalue weighted by atomic mass is 16.3.